The van der Waals surface area contributed by atoms with Gasteiger partial charge in [-0.3, -0.25) is 0 Å². The molecule has 0 aliphatic carbocycles. The maximum atomic E-state index is 12.5. The summed E-state index contributed by atoms with van der Waals surface area (Å²) < 4.78 is 31.7. The quantitative estimate of drug-likeness (QED) is 0.781. The predicted molar refractivity (Wildman–Crippen MR) is 73.7 cm³/mol. The number of ether oxygens (including phenoxy) is 1. The van der Waals surface area contributed by atoms with Gasteiger partial charge >= 0.3 is 0 Å². The molecule has 18 heavy (non-hydrogen) atoms. The van der Waals surface area contributed by atoms with Gasteiger partial charge in [-0.25, -0.2) is 8.42 Å². The van der Waals surface area contributed by atoms with Crippen LogP contribution in [0.15, 0.2) is 29.2 Å². The SMILES string of the molecule is O=S(=O)(c1ccc(Cl)cc1)N1CCOCC1CBr. The molecule has 0 aromatic heterocycles. The summed E-state index contributed by atoms with van der Waals surface area (Å²) >= 11 is 9.09. The highest BCUT2D eigenvalue weighted by molar-refractivity contribution is 9.09. The van der Waals surface area contributed by atoms with E-state index in [9.17, 15) is 8.42 Å². The molecule has 7 heteroatoms. The van der Waals surface area contributed by atoms with Gasteiger partial charge in [-0.2, -0.15) is 4.31 Å². The lowest BCUT2D eigenvalue weighted by Crippen LogP contribution is -2.49. The Bertz CT molecular complexity index is 506. The zero-order valence-corrected chi connectivity index (χ0v) is 12.7. The van der Waals surface area contributed by atoms with Gasteiger partial charge in [0, 0.05) is 16.9 Å². The summed E-state index contributed by atoms with van der Waals surface area (Å²) in [6, 6.07) is 6.05. The van der Waals surface area contributed by atoms with Gasteiger partial charge in [-0.15, -0.1) is 0 Å². The fourth-order valence-corrected chi connectivity index (χ4v) is 4.27. The lowest BCUT2D eigenvalue weighted by Gasteiger charge is -2.33. The topological polar surface area (TPSA) is 46.6 Å². The van der Waals surface area contributed by atoms with Gasteiger partial charge in [0.1, 0.15) is 0 Å². The summed E-state index contributed by atoms with van der Waals surface area (Å²) in [6.45, 7) is 1.22. The molecule has 0 saturated carbocycles. The fourth-order valence-electron chi connectivity index (χ4n) is 1.82. The van der Waals surface area contributed by atoms with E-state index in [1.54, 1.807) is 12.1 Å². The number of morpholine rings is 1. The highest BCUT2D eigenvalue weighted by Gasteiger charge is 2.33. The normalized spacial score (nSPS) is 22.0. The van der Waals surface area contributed by atoms with Gasteiger partial charge in [-0.1, -0.05) is 27.5 Å². The number of alkyl halides is 1. The number of sulfonamides is 1. The molecular weight excluding hydrogens is 342 g/mol. The van der Waals surface area contributed by atoms with E-state index < -0.39 is 10.0 Å². The van der Waals surface area contributed by atoms with E-state index in [1.807, 2.05) is 0 Å². The lowest BCUT2D eigenvalue weighted by molar-refractivity contribution is 0.0413. The van der Waals surface area contributed by atoms with Crippen LogP contribution in [0.1, 0.15) is 0 Å². The van der Waals surface area contributed by atoms with Crippen LogP contribution in [-0.4, -0.2) is 43.9 Å². The van der Waals surface area contributed by atoms with E-state index in [0.29, 0.717) is 30.1 Å². The van der Waals surface area contributed by atoms with E-state index in [-0.39, 0.29) is 10.9 Å². The van der Waals surface area contributed by atoms with Crippen LogP contribution in [0, 0.1) is 0 Å². The molecule has 4 nitrogen and oxygen atoms in total. The molecule has 1 aliphatic heterocycles. The van der Waals surface area contributed by atoms with Gasteiger partial charge in [0.25, 0.3) is 0 Å². The molecule has 0 N–H and O–H groups in total. The van der Waals surface area contributed by atoms with Gasteiger partial charge in [0.05, 0.1) is 24.2 Å². The summed E-state index contributed by atoms with van der Waals surface area (Å²) in [5.41, 5.74) is 0. The maximum absolute atomic E-state index is 12.5. The lowest BCUT2D eigenvalue weighted by atomic mass is 10.3. The second kappa shape index (κ2) is 5.88. The molecule has 0 amide bonds. The number of rotatable bonds is 3. The minimum atomic E-state index is -3.48. The van der Waals surface area contributed by atoms with Crippen LogP contribution in [0.3, 0.4) is 0 Å². The number of benzene rings is 1. The van der Waals surface area contributed by atoms with Crippen LogP contribution < -0.4 is 0 Å². The van der Waals surface area contributed by atoms with Crippen molar-refractivity contribution in [1.29, 1.82) is 0 Å². The first kappa shape index (κ1) is 14.3. The van der Waals surface area contributed by atoms with Crippen molar-refractivity contribution >= 4 is 37.6 Å². The van der Waals surface area contributed by atoms with E-state index in [4.69, 9.17) is 16.3 Å². The highest BCUT2D eigenvalue weighted by atomic mass is 79.9. The molecule has 0 bridgehead atoms. The standard InChI is InChI=1S/C11H13BrClNO3S/c12-7-10-8-17-6-5-14(10)18(15,16)11-3-1-9(13)2-4-11/h1-4,10H,5-8H2. The highest BCUT2D eigenvalue weighted by Crippen LogP contribution is 2.22. The van der Waals surface area contributed by atoms with E-state index in [1.165, 1.54) is 16.4 Å². The first-order valence-corrected chi connectivity index (χ1v) is 8.41. The van der Waals surface area contributed by atoms with E-state index in [2.05, 4.69) is 15.9 Å². The first-order valence-electron chi connectivity index (χ1n) is 5.47. The third kappa shape index (κ3) is 2.88. The van der Waals surface area contributed by atoms with Crippen molar-refractivity contribution in [2.45, 2.75) is 10.9 Å². The second-order valence-electron chi connectivity index (χ2n) is 3.95. The second-order valence-corrected chi connectivity index (χ2v) is 6.93. The Hall–Kier alpha value is -0.140. The molecule has 100 valence electrons. The summed E-state index contributed by atoms with van der Waals surface area (Å²) in [5, 5.41) is 1.08. The Balaban J connectivity index is 2.32. The van der Waals surface area contributed by atoms with Crippen molar-refractivity contribution in [3.05, 3.63) is 29.3 Å². The van der Waals surface area contributed by atoms with Crippen molar-refractivity contribution in [2.75, 3.05) is 25.1 Å². The Labute approximate surface area is 120 Å². The van der Waals surface area contributed by atoms with Crippen LogP contribution in [0.4, 0.5) is 0 Å². The van der Waals surface area contributed by atoms with Crippen LogP contribution in [-0.2, 0) is 14.8 Å². The largest absolute Gasteiger partial charge is 0.378 e. The van der Waals surface area contributed by atoms with Crippen LogP contribution >= 0.6 is 27.5 Å². The van der Waals surface area contributed by atoms with E-state index >= 15 is 0 Å². The molecule has 1 aliphatic rings. The Morgan fingerprint density at radius 2 is 2.06 bits per heavy atom. The smallest absolute Gasteiger partial charge is 0.243 e. The minimum Gasteiger partial charge on any atom is -0.378 e. The van der Waals surface area contributed by atoms with Crippen molar-refractivity contribution in [3.8, 4) is 0 Å². The Morgan fingerprint density at radius 3 is 2.67 bits per heavy atom. The van der Waals surface area contributed by atoms with Crippen LogP contribution in [0.25, 0.3) is 0 Å². The first-order chi connectivity index (χ1) is 8.55. The average Bonchev–Trinajstić information content (AvgIpc) is 2.39. The predicted octanol–water partition coefficient (Wildman–Crippen LogP) is 2.12. The zero-order chi connectivity index (χ0) is 13.2. The molecule has 2 rings (SSSR count). The number of hydrogen-bond donors (Lipinski definition) is 0. The molecule has 1 aromatic carbocycles. The average molecular weight is 355 g/mol. The molecule has 1 heterocycles. The molecular formula is C11H13BrClNO3S. The third-order valence-corrected chi connectivity index (χ3v) is 5.74. The molecule has 0 radical (unpaired) electrons. The summed E-state index contributed by atoms with van der Waals surface area (Å²) in [4.78, 5) is 0.264. The van der Waals surface area contributed by atoms with Gasteiger partial charge < -0.3 is 4.74 Å². The third-order valence-electron chi connectivity index (χ3n) is 2.77. The Kier molecular flexibility index (Phi) is 4.66. The van der Waals surface area contributed by atoms with E-state index in [0.717, 1.165) is 0 Å². The summed E-state index contributed by atoms with van der Waals surface area (Å²) in [7, 11) is -3.48. The molecule has 1 unspecified atom stereocenters. The fraction of sp³-hybridized carbons (Fsp3) is 0.455. The molecule has 1 atom stereocenters. The molecule has 1 fully saturated rings. The Morgan fingerprint density at radius 1 is 1.39 bits per heavy atom. The molecule has 1 saturated heterocycles. The van der Waals surface area contributed by atoms with Crippen LogP contribution in [0.2, 0.25) is 5.02 Å². The van der Waals surface area contributed by atoms with Crippen molar-refractivity contribution in [2.24, 2.45) is 0 Å². The van der Waals surface area contributed by atoms with Gasteiger partial charge in [0.15, 0.2) is 0 Å². The minimum absolute atomic E-state index is 0.167. The number of hydrogen-bond acceptors (Lipinski definition) is 3. The number of halogens is 2. The van der Waals surface area contributed by atoms with Crippen molar-refractivity contribution in [1.82, 2.24) is 4.31 Å². The maximum Gasteiger partial charge on any atom is 0.243 e. The van der Waals surface area contributed by atoms with Crippen LogP contribution in [0.5, 0.6) is 0 Å². The van der Waals surface area contributed by atoms with Crippen molar-refractivity contribution < 1.29 is 13.2 Å². The summed E-state index contributed by atoms with van der Waals surface area (Å²) in [5.74, 6) is 0. The van der Waals surface area contributed by atoms with Gasteiger partial charge in [-0.05, 0) is 24.3 Å². The molecule has 0 spiro atoms. The van der Waals surface area contributed by atoms with Crippen molar-refractivity contribution in [3.63, 3.8) is 0 Å². The molecule has 1 aromatic rings. The number of nitrogens with zero attached hydrogens (tertiary/aromatic N) is 1. The zero-order valence-electron chi connectivity index (χ0n) is 9.55. The monoisotopic (exact) mass is 353 g/mol. The van der Waals surface area contributed by atoms with Gasteiger partial charge in [0.2, 0.25) is 10.0 Å². The summed E-state index contributed by atoms with van der Waals surface area (Å²) in [6.07, 6.45) is 0.